The van der Waals surface area contributed by atoms with E-state index in [1.807, 2.05) is 60.7 Å². The number of hydrazine groups is 1. The van der Waals surface area contributed by atoms with E-state index in [-0.39, 0.29) is 18.8 Å². The predicted octanol–water partition coefficient (Wildman–Crippen LogP) is 3.48. The Kier molecular flexibility index (Phi) is 7.06. The summed E-state index contributed by atoms with van der Waals surface area (Å²) in [6, 6.07) is 24.1. The van der Waals surface area contributed by atoms with E-state index in [0.29, 0.717) is 12.4 Å². The van der Waals surface area contributed by atoms with Gasteiger partial charge in [-0.05, 0) is 35.7 Å². The molecule has 0 spiro atoms. The van der Waals surface area contributed by atoms with Crippen LogP contribution in [0.25, 0.3) is 0 Å². The molecule has 0 amide bonds. The van der Waals surface area contributed by atoms with Crippen LogP contribution in [0, 0.1) is 0 Å². The summed E-state index contributed by atoms with van der Waals surface area (Å²) in [7, 11) is 0. The lowest BCUT2D eigenvalue weighted by Crippen LogP contribution is -2.55. The van der Waals surface area contributed by atoms with Crippen molar-refractivity contribution in [3.8, 4) is 11.5 Å². The largest absolute Gasteiger partial charge is 0.504 e. The number of nitrogens with two attached hydrogens (primary N) is 1. The van der Waals surface area contributed by atoms with Gasteiger partial charge in [0.25, 0.3) is 0 Å². The fourth-order valence-electron chi connectivity index (χ4n) is 2.99. The molecule has 3 aromatic rings. The molecule has 0 heterocycles. The first-order valence-corrected chi connectivity index (χ1v) is 9.68. The van der Waals surface area contributed by atoms with E-state index in [1.165, 1.54) is 0 Å². The molecule has 6 heteroatoms. The van der Waals surface area contributed by atoms with Crippen molar-refractivity contribution in [2.75, 3.05) is 0 Å². The number of hydrogen-bond acceptors (Lipinski definition) is 6. The quantitative estimate of drug-likeness (QED) is 0.286. The van der Waals surface area contributed by atoms with E-state index in [9.17, 15) is 9.90 Å². The molecule has 156 valence electrons. The number of benzene rings is 3. The number of carbonyl (C=O) groups excluding carboxylic acids is 1. The van der Waals surface area contributed by atoms with Crippen LogP contribution in [0.15, 0.2) is 78.9 Å². The second-order valence-corrected chi connectivity index (χ2v) is 7.29. The summed E-state index contributed by atoms with van der Waals surface area (Å²) in [6.07, 6.45) is 0.263. The Bertz CT molecular complexity index is 963. The van der Waals surface area contributed by atoms with Crippen LogP contribution in [-0.4, -0.2) is 16.6 Å². The summed E-state index contributed by atoms with van der Waals surface area (Å²) in [5.41, 5.74) is 4.09. The molecule has 0 aliphatic carbocycles. The second kappa shape index (κ2) is 9.91. The van der Waals surface area contributed by atoms with E-state index < -0.39 is 11.5 Å². The molecule has 3 aromatic carbocycles. The maximum atomic E-state index is 12.7. The molecule has 3 rings (SSSR count). The van der Waals surface area contributed by atoms with E-state index in [2.05, 4.69) is 5.43 Å². The number of rotatable bonds is 9. The van der Waals surface area contributed by atoms with Crippen molar-refractivity contribution in [3.05, 3.63) is 95.6 Å². The van der Waals surface area contributed by atoms with Gasteiger partial charge in [0.1, 0.15) is 18.8 Å². The lowest BCUT2D eigenvalue weighted by Gasteiger charge is -2.27. The summed E-state index contributed by atoms with van der Waals surface area (Å²) in [5.74, 6) is 5.60. The van der Waals surface area contributed by atoms with E-state index in [4.69, 9.17) is 15.3 Å². The molecule has 6 nitrogen and oxygen atoms in total. The van der Waals surface area contributed by atoms with Gasteiger partial charge in [0.2, 0.25) is 0 Å². The summed E-state index contributed by atoms with van der Waals surface area (Å²) in [4.78, 5) is 12.7. The number of carbonyl (C=O) groups is 1. The summed E-state index contributed by atoms with van der Waals surface area (Å²) in [6.45, 7) is 2.17. The zero-order chi connectivity index (χ0) is 21.4. The smallest absolute Gasteiger partial charge is 0.328 e. The molecule has 0 bridgehead atoms. The minimum atomic E-state index is -1.14. The van der Waals surface area contributed by atoms with Crippen LogP contribution in [0.3, 0.4) is 0 Å². The van der Waals surface area contributed by atoms with Crippen molar-refractivity contribution in [2.24, 2.45) is 5.84 Å². The standard InChI is InChI=1S/C24H26N2O4/c1-24(26-25,23(28)30-17-19-10-6-3-7-11-19)15-20-12-13-21(27)22(14-20)29-16-18-8-4-2-5-9-18/h2-14,26-27H,15-17,25H2,1H3/t24-/m0/s1. The first-order valence-electron chi connectivity index (χ1n) is 9.68. The minimum absolute atomic E-state index is 0.0312. The SMILES string of the molecule is C[C@@](Cc1ccc(O)c(OCc2ccccc2)c1)(NN)C(=O)OCc1ccccc1. The van der Waals surface area contributed by atoms with E-state index >= 15 is 0 Å². The Hall–Kier alpha value is -3.35. The van der Waals surface area contributed by atoms with Crippen LogP contribution in [0.2, 0.25) is 0 Å². The molecule has 30 heavy (non-hydrogen) atoms. The zero-order valence-corrected chi connectivity index (χ0v) is 16.9. The highest BCUT2D eigenvalue weighted by Crippen LogP contribution is 2.29. The van der Waals surface area contributed by atoms with Gasteiger partial charge in [-0.25, -0.2) is 10.2 Å². The number of ether oxygens (including phenoxy) is 2. The number of aromatic hydroxyl groups is 1. The third kappa shape index (κ3) is 5.59. The number of esters is 1. The van der Waals surface area contributed by atoms with Crippen molar-refractivity contribution in [3.63, 3.8) is 0 Å². The van der Waals surface area contributed by atoms with Crippen LogP contribution < -0.4 is 16.0 Å². The van der Waals surface area contributed by atoms with Gasteiger partial charge in [-0.2, -0.15) is 0 Å². The number of phenolic OH excluding ortho intramolecular Hbond substituents is 1. The van der Waals surface area contributed by atoms with Crippen LogP contribution in [0.1, 0.15) is 23.6 Å². The third-order valence-electron chi connectivity index (χ3n) is 4.80. The number of phenols is 1. The molecular formula is C24H26N2O4. The van der Waals surface area contributed by atoms with Crippen molar-refractivity contribution < 1.29 is 19.4 Å². The van der Waals surface area contributed by atoms with E-state index in [0.717, 1.165) is 16.7 Å². The Balaban J connectivity index is 1.67. The van der Waals surface area contributed by atoms with Gasteiger partial charge in [-0.1, -0.05) is 66.7 Å². The fourth-order valence-corrected chi connectivity index (χ4v) is 2.99. The Morgan fingerprint density at radius 2 is 1.53 bits per heavy atom. The topological polar surface area (TPSA) is 93.8 Å². The van der Waals surface area contributed by atoms with Crippen molar-refractivity contribution >= 4 is 5.97 Å². The van der Waals surface area contributed by atoms with Crippen LogP contribution >= 0.6 is 0 Å². The molecule has 0 aliphatic rings. The predicted molar refractivity (Wildman–Crippen MR) is 115 cm³/mol. The summed E-state index contributed by atoms with van der Waals surface area (Å²) >= 11 is 0. The molecule has 0 aromatic heterocycles. The molecule has 0 radical (unpaired) electrons. The van der Waals surface area contributed by atoms with Crippen molar-refractivity contribution in [1.29, 1.82) is 0 Å². The molecule has 0 saturated heterocycles. The normalized spacial score (nSPS) is 12.7. The Morgan fingerprint density at radius 3 is 2.13 bits per heavy atom. The van der Waals surface area contributed by atoms with Crippen LogP contribution in [-0.2, 0) is 29.2 Å². The second-order valence-electron chi connectivity index (χ2n) is 7.29. The maximum Gasteiger partial charge on any atom is 0.328 e. The van der Waals surface area contributed by atoms with Gasteiger partial charge >= 0.3 is 5.97 Å². The average molecular weight is 406 g/mol. The Morgan fingerprint density at radius 1 is 0.933 bits per heavy atom. The maximum absolute atomic E-state index is 12.7. The lowest BCUT2D eigenvalue weighted by atomic mass is 9.93. The van der Waals surface area contributed by atoms with Crippen LogP contribution in [0.5, 0.6) is 11.5 Å². The first kappa shape index (κ1) is 21.4. The summed E-state index contributed by atoms with van der Waals surface area (Å²) < 4.78 is 11.2. The average Bonchev–Trinajstić information content (AvgIpc) is 2.79. The van der Waals surface area contributed by atoms with Gasteiger partial charge in [-0.3, -0.25) is 5.84 Å². The van der Waals surface area contributed by atoms with Crippen molar-refractivity contribution in [2.45, 2.75) is 32.1 Å². The monoisotopic (exact) mass is 406 g/mol. The number of nitrogens with one attached hydrogen (secondary N) is 1. The highest BCUT2D eigenvalue weighted by molar-refractivity contribution is 5.80. The van der Waals surface area contributed by atoms with Gasteiger partial charge in [0, 0.05) is 6.42 Å². The zero-order valence-electron chi connectivity index (χ0n) is 16.9. The van der Waals surface area contributed by atoms with Gasteiger partial charge < -0.3 is 14.6 Å². The molecule has 0 aliphatic heterocycles. The van der Waals surface area contributed by atoms with Gasteiger partial charge in [0.15, 0.2) is 11.5 Å². The fraction of sp³-hybridized carbons (Fsp3) is 0.208. The molecule has 4 N–H and O–H groups in total. The molecular weight excluding hydrogens is 380 g/mol. The molecule has 0 fully saturated rings. The molecule has 1 atom stereocenters. The minimum Gasteiger partial charge on any atom is -0.504 e. The van der Waals surface area contributed by atoms with Crippen molar-refractivity contribution in [1.82, 2.24) is 5.43 Å². The van der Waals surface area contributed by atoms with E-state index in [1.54, 1.807) is 25.1 Å². The van der Waals surface area contributed by atoms with Crippen LogP contribution in [0.4, 0.5) is 0 Å². The van der Waals surface area contributed by atoms with Gasteiger partial charge in [0.05, 0.1) is 0 Å². The molecule has 0 unspecified atom stereocenters. The number of hydrogen-bond donors (Lipinski definition) is 3. The highest BCUT2D eigenvalue weighted by atomic mass is 16.5. The third-order valence-corrected chi connectivity index (χ3v) is 4.80. The van der Waals surface area contributed by atoms with Gasteiger partial charge in [-0.15, -0.1) is 0 Å². The first-order chi connectivity index (χ1) is 14.5. The highest BCUT2D eigenvalue weighted by Gasteiger charge is 2.34. The molecule has 0 saturated carbocycles. The lowest BCUT2D eigenvalue weighted by molar-refractivity contribution is -0.152. The Labute approximate surface area is 176 Å². The summed E-state index contributed by atoms with van der Waals surface area (Å²) in [5, 5.41) is 10.1.